The number of phenols is 1. The van der Waals surface area contributed by atoms with Gasteiger partial charge in [-0.15, -0.1) is 0 Å². The van der Waals surface area contributed by atoms with E-state index < -0.39 is 5.97 Å². The molecule has 0 saturated heterocycles. The number of carbonyl (C=O) groups excluding carboxylic acids is 1. The summed E-state index contributed by atoms with van der Waals surface area (Å²) in [6, 6.07) is 4.56. The van der Waals surface area contributed by atoms with Gasteiger partial charge in [0.1, 0.15) is 5.75 Å². The van der Waals surface area contributed by atoms with Crippen molar-refractivity contribution in [3.63, 3.8) is 0 Å². The van der Waals surface area contributed by atoms with Gasteiger partial charge < -0.3 is 19.9 Å². The number of hydrogen-bond donors (Lipinski definition) is 2. The Labute approximate surface area is 100 Å². The fourth-order valence-corrected chi connectivity index (χ4v) is 1.49. The van der Waals surface area contributed by atoms with Gasteiger partial charge in [0.25, 0.3) is 0 Å². The van der Waals surface area contributed by atoms with Gasteiger partial charge in [-0.05, 0) is 25.1 Å². The number of phenolic OH excluding ortho intramolecular Hbond substituents is 1. The van der Waals surface area contributed by atoms with Crippen LogP contribution in [0.2, 0.25) is 0 Å². The van der Waals surface area contributed by atoms with Crippen molar-refractivity contribution in [2.45, 2.75) is 13.0 Å². The number of rotatable bonds is 5. The number of benzene rings is 1. The summed E-state index contributed by atoms with van der Waals surface area (Å²) >= 11 is 0. The van der Waals surface area contributed by atoms with Crippen LogP contribution in [0.3, 0.4) is 0 Å². The maximum atomic E-state index is 11.5. The second kappa shape index (κ2) is 6.10. The summed E-state index contributed by atoms with van der Waals surface area (Å²) in [6.07, 6.45) is 0. The summed E-state index contributed by atoms with van der Waals surface area (Å²) < 4.78 is 9.65. The van der Waals surface area contributed by atoms with Gasteiger partial charge in [0.2, 0.25) is 0 Å². The molecule has 1 unspecified atom stereocenters. The van der Waals surface area contributed by atoms with Gasteiger partial charge in [-0.25, -0.2) is 4.79 Å². The van der Waals surface area contributed by atoms with E-state index in [4.69, 9.17) is 4.74 Å². The van der Waals surface area contributed by atoms with E-state index in [0.717, 1.165) is 0 Å². The first-order valence-electron chi connectivity index (χ1n) is 5.25. The fourth-order valence-electron chi connectivity index (χ4n) is 1.49. The maximum absolute atomic E-state index is 11.5. The van der Waals surface area contributed by atoms with E-state index in [-0.39, 0.29) is 11.8 Å². The zero-order valence-electron chi connectivity index (χ0n) is 10.2. The second-order valence-corrected chi connectivity index (χ2v) is 3.72. The number of hydrogen-bond acceptors (Lipinski definition) is 5. The van der Waals surface area contributed by atoms with E-state index >= 15 is 0 Å². The van der Waals surface area contributed by atoms with Crippen molar-refractivity contribution in [3.05, 3.63) is 23.8 Å². The number of carbonyl (C=O) groups is 1. The molecule has 5 nitrogen and oxygen atoms in total. The summed E-state index contributed by atoms with van der Waals surface area (Å²) in [5.41, 5.74) is 0.912. The number of aromatic hydroxyl groups is 1. The van der Waals surface area contributed by atoms with E-state index in [1.807, 2.05) is 6.92 Å². The molecule has 1 aromatic rings. The van der Waals surface area contributed by atoms with Crippen LogP contribution in [-0.2, 0) is 9.47 Å². The average molecular weight is 239 g/mol. The lowest BCUT2D eigenvalue weighted by Gasteiger charge is -2.16. The van der Waals surface area contributed by atoms with Crippen molar-refractivity contribution in [2.24, 2.45) is 0 Å². The summed E-state index contributed by atoms with van der Waals surface area (Å²) in [7, 11) is 2.91. The van der Waals surface area contributed by atoms with Gasteiger partial charge >= 0.3 is 5.97 Å². The second-order valence-electron chi connectivity index (χ2n) is 3.72. The first-order chi connectivity index (χ1) is 8.08. The Morgan fingerprint density at radius 3 is 2.76 bits per heavy atom. The molecule has 0 amide bonds. The summed E-state index contributed by atoms with van der Waals surface area (Å²) in [5.74, 6) is -0.469. The normalized spacial score (nSPS) is 11.9. The quantitative estimate of drug-likeness (QED) is 0.603. The molecular formula is C12H17NO4. The monoisotopic (exact) mass is 239 g/mol. The van der Waals surface area contributed by atoms with Crippen LogP contribution in [0.25, 0.3) is 0 Å². The van der Waals surface area contributed by atoms with Gasteiger partial charge in [-0.2, -0.15) is 0 Å². The average Bonchev–Trinajstić information content (AvgIpc) is 2.30. The van der Waals surface area contributed by atoms with Crippen LogP contribution < -0.4 is 5.32 Å². The van der Waals surface area contributed by atoms with E-state index in [9.17, 15) is 9.90 Å². The highest BCUT2D eigenvalue weighted by molar-refractivity contribution is 5.96. The summed E-state index contributed by atoms with van der Waals surface area (Å²) in [6.45, 7) is 2.44. The van der Waals surface area contributed by atoms with Crippen LogP contribution in [-0.4, -0.2) is 37.9 Å². The van der Waals surface area contributed by atoms with Gasteiger partial charge in [0.05, 0.1) is 19.3 Å². The van der Waals surface area contributed by atoms with Crippen LogP contribution in [0, 0.1) is 0 Å². The maximum Gasteiger partial charge on any atom is 0.340 e. The van der Waals surface area contributed by atoms with E-state index in [1.54, 1.807) is 13.2 Å². The first kappa shape index (κ1) is 13.3. The van der Waals surface area contributed by atoms with Crippen LogP contribution in [0.1, 0.15) is 17.3 Å². The molecule has 0 aromatic heterocycles. The molecule has 0 aliphatic carbocycles. The van der Waals surface area contributed by atoms with Crippen molar-refractivity contribution < 1.29 is 19.4 Å². The smallest absolute Gasteiger partial charge is 0.340 e. The predicted molar refractivity (Wildman–Crippen MR) is 64.4 cm³/mol. The minimum Gasteiger partial charge on any atom is -0.508 e. The van der Waals surface area contributed by atoms with E-state index in [2.05, 4.69) is 10.1 Å². The topological polar surface area (TPSA) is 67.8 Å². The third-order valence-corrected chi connectivity index (χ3v) is 2.23. The predicted octanol–water partition coefficient (Wildman–Crippen LogP) is 1.63. The highest BCUT2D eigenvalue weighted by Crippen LogP contribution is 2.22. The van der Waals surface area contributed by atoms with Gasteiger partial charge in [-0.1, -0.05) is 0 Å². The molecule has 2 N–H and O–H groups in total. The van der Waals surface area contributed by atoms with Crippen molar-refractivity contribution in [2.75, 3.05) is 26.1 Å². The Bertz CT molecular complexity index is 392. The van der Waals surface area contributed by atoms with Crippen LogP contribution in [0.15, 0.2) is 18.2 Å². The third-order valence-electron chi connectivity index (χ3n) is 2.23. The largest absolute Gasteiger partial charge is 0.508 e. The molecule has 5 heteroatoms. The number of methoxy groups -OCH3 is 2. The lowest BCUT2D eigenvalue weighted by molar-refractivity contribution is 0.0601. The first-order valence-corrected chi connectivity index (χ1v) is 5.25. The number of esters is 1. The molecule has 0 radical (unpaired) electrons. The summed E-state index contributed by atoms with van der Waals surface area (Å²) in [4.78, 5) is 11.5. The molecular weight excluding hydrogens is 222 g/mol. The molecule has 1 aromatic carbocycles. The van der Waals surface area contributed by atoms with Crippen molar-refractivity contribution in [1.29, 1.82) is 0 Å². The van der Waals surface area contributed by atoms with Crippen LogP contribution >= 0.6 is 0 Å². The van der Waals surface area contributed by atoms with E-state index in [0.29, 0.717) is 17.9 Å². The highest BCUT2D eigenvalue weighted by atomic mass is 16.5. The standard InChI is InChI=1S/C12H17NO4/c1-8(7-16-2)13-11-5-4-9(14)6-10(11)12(15)17-3/h4-6,8,13-14H,7H2,1-3H3. The molecule has 0 fully saturated rings. The Morgan fingerprint density at radius 1 is 1.47 bits per heavy atom. The molecule has 0 spiro atoms. The van der Waals surface area contributed by atoms with Crippen molar-refractivity contribution in [1.82, 2.24) is 0 Å². The van der Waals surface area contributed by atoms with Crippen molar-refractivity contribution >= 4 is 11.7 Å². The highest BCUT2D eigenvalue weighted by Gasteiger charge is 2.14. The molecule has 1 atom stereocenters. The minimum absolute atomic E-state index is 0.0235. The summed E-state index contributed by atoms with van der Waals surface area (Å²) in [5, 5.41) is 12.5. The van der Waals surface area contributed by atoms with Gasteiger partial charge in [0, 0.05) is 18.8 Å². The number of nitrogens with one attached hydrogen (secondary N) is 1. The molecule has 94 valence electrons. The fraction of sp³-hybridized carbons (Fsp3) is 0.417. The number of ether oxygens (including phenoxy) is 2. The number of anilines is 1. The Kier molecular flexibility index (Phi) is 4.78. The molecule has 0 aliphatic rings. The van der Waals surface area contributed by atoms with Gasteiger partial charge in [-0.3, -0.25) is 0 Å². The third kappa shape index (κ3) is 3.64. The van der Waals surface area contributed by atoms with E-state index in [1.165, 1.54) is 19.2 Å². The van der Waals surface area contributed by atoms with Crippen LogP contribution in [0.5, 0.6) is 5.75 Å². The van der Waals surface area contributed by atoms with Crippen molar-refractivity contribution in [3.8, 4) is 5.75 Å². The molecule has 17 heavy (non-hydrogen) atoms. The van der Waals surface area contributed by atoms with Gasteiger partial charge in [0.15, 0.2) is 0 Å². The Balaban J connectivity index is 2.94. The SMILES string of the molecule is COCC(C)Nc1ccc(O)cc1C(=O)OC. The zero-order valence-corrected chi connectivity index (χ0v) is 10.2. The zero-order chi connectivity index (χ0) is 12.8. The molecule has 0 aliphatic heterocycles. The molecule has 0 bridgehead atoms. The lowest BCUT2D eigenvalue weighted by Crippen LogP contribution is -2.22. The Hall–Kier alpha value is -1.75. The molecule has 0 heterocycles. The Morgan fingerprint density at radius 2 is 2.18 bits per heavy atom. The molecule has 1 rings (SSSR count). The van der Waals surface area contributed by atoms with Crippen LogP contribution in [0.4, 0.5) is 5.69 Å². The lowest BCUT2D eigenvalue weighted by atomic mass is 10.1. The minimum atomic E-state index is -0.493. The molecule has 0 saturated carbocycles.